The van der Waals surface area contributed by atoms with Gasteiger partial charge in [-0.1, -0.05) is 6.92 Å². The average Bonchev–Trinajstić information content (AvgIpc) is 3.14. The molecular weight excluding hydrogens is 494 g/mol. The van der Waals surface area contributed by atoms with E-state index in [1.54, 1.807) is 31.2 Å². The van der Waals surface area contributed by atoms with E-state index in [-0.39, 0.29) is 16.0 Å². The van der Waals surface area contributed by atoms with Gasteiger partial charge in [0.25, 0.3) is 15.9 Å². The number of methoxy groups -OCH3 is 2. The van der Waals surface area contributed by atoms with Gasteiger partial charge >= 0.3 is 0 Å². The molecule has 196 valence electrons. The zero-order valence-corrected chi connectivity index (χ0v) is 22.6. The van der Waals surface area contributed by atoms with Crippen LogP contribution < -0.4 is 19.1 Å². The minimum Gasteiger partial charge on any atom is -0.481 e. The topological polar surface area (TPSA) is 124 Å². The van der Waals surface area contributed by atoms with Crippen molar-refractivity contribution in [3.05, 3.63) is 53.9 Å². The van der Waals surface area contributed by atoms with Crippen LogP contribution in [-0.4, -0.2) is 55.6 Å². The smallest absolute Gasteiger partial charge is 0.268 e. The fraction of sp³-hybridized carbons (Fsp3) is 0.385. The van der Waals surface area contributed by atoms with Crippen LogP contribution in [0.25, 0.3) is 11.3 Å². The molecular formula is C26H31N5O5S. The zero-order valence-electron chi connectivity index (χ0n) is 21.8. The third kappa shape index (κ3) is 5.22. The van der Waals surface area contributed by atoms with Crippen molar-refractivity contribution < 1.29 is 22.7 Å². The molecule has 3 aromatic heterocycles. The molecule has 3 aromatic rings. The molecule has 1 saturated heterocycles. The molecule has 0 spiro atoms. The fourth-order valence-corrected chi connectivity index (χ4v) is 5.98. The van der Waals surface area contributed by atoms with Crippen molar-refractivity contribution in [1.82, 2.24) is 19.7 Å². The van der Waals surface area contributed by atoms with E-state index in [0.717, 1.165) is 6.42 Å². The molecule has 11 heteroatoms. The highest BCUT2D eigenvalue weighted by Gasteiger charge is 2.39. The van der Waals surface area contributed by atoms with E-state index in [0.29, 0.717) is 47.0 Å². The lowest BCUT2D eigenvalue weighted by molar-refractivity contribution is 0.0981. The molecule has 0 aromatic carbocycles. The van der Waals surface area contributed by atoms with Gasteiger partial charge < -0.3 is 14.4 Å². The maximum atomic E-state index is 13.4. The highest BCUT2D eigenvalue weighted by atomic mass is 32.2. The average molecular weight is 526 g/mol. The van der Waals surface area contributed by atoms with Crippen LogP contribution in [0.1, 0.15) is 43.2 Å². The summed E-state index contributed by atoms with van der Waals surface area (Å²) < 4.78 is 38.9. The number of hydrogen-bond acceptors (Lipinski definition) is 9. The van der Waals surface area contributed by atoms with E-state index in [4.69, 9.17) is 14.5 Å². The maximum absolute atomic E-state index is 13.4. The van der Waals surface area contributed by atoms with Gasteiger partial charge in [0, 0.05) is 24.3 Å². The van der Waals surface area contributed by atoms with E-state index in [9.17, 15) is 13.2 Å². The van der Waals surface area contributed by atoms with E-state index in [2.05, 4.69) is 40.4 Å². The zero-order chi connectivity index (χ0) is 27.0. The van der Waals surface area contributed by atoms with Crippen LogP contribution in [0.5, 0.6) is 11.8 Å². The Morgan fingerprint density at radius 3 is 2.49 bits per heavy atom. The first kappa shape index (κ1) is 26.3. The van der Waals surface area contributed by atoms with Gasteiger partial charge in [-0.3, -0.25) is 9.78 Å². The molecule has 37 heavy (non-hydrogen) atoms. The Morgan fingerprint density at radius 2 is 1.86 bits per heavy atom. The standard InChI is InChI=1S/C26H31N5O5S/c1-16-14-26(3,4)31(15-16)23-19(24(32)30-37(33,34)21-8-7-13-27-17(21)2)9-11-20(28-23)18-10-12-22(35-5)29-25(18)36-6/h7-13,16H,14-15H2,1-6H3,(H,30,32)/t16-/m0/s1. The van der Waals surface area contributed by atoms with Crippen molar-refractivity contribution in [3.63, 3.8) is 0 Å². The van der Waals surface area contributed by atoms with Crippen LogP contribution >= 0.6 is 0 Å². The van der Waals surface area contributed by atoms with Crippen molar-refractivity contribution in [3.8, 4) is 23.0 Å². The van der Waals surface area contributed by atoms with Gasteiger partial charge in [-0.25, -0.2) is 18.1 Å². The fourth-order valence-electron chi connectivity index (χ4n) is 4.81. The summed E-state index contributed by atoms with van der Waals surface area (Å²) in [7, 11) is -1.13. The summed E-state index contributed by atoms with van der Waals surface area (Å²) in [6.45, 7) is 8.54. The minimum atomic E-state index is -4.15. The van der Waals surface area contributed by atoms with Gasteiger partial charge in [0.1, 0.15) is 10.7 Å². The number of sulfonamides is 1. The second-order valence-electron chi connectivity index (χ2n) is 9.73. The summed E-state index contributed by atoms with van der Waals surface area (Å²) in [5, 5.41) is 0. The van der Waals surface area contributed by atoms with Crippen LogP contribution in [0.15, 0.2) is 47.5 Å². The molecule has 1 aliphatic rings. The van der Waals surface area contributed by atoms with Crippen molar-refractivity contribution in [2.75, 3.05) is 25.7 Å². The van der Waals surface area contributed by atoms with E-state index in [1.165, 1.54) is 32.5 Å². The number of ether oxygens (including phenoxy) is 2. The number of hydrogen-bond donors (Lipinski definition) is 1. The van der Waals surface area contributed by atoms with Gasteiger partial charge in [-0.2, -0.15) is 4.98 Å². The van der Waals surface area contributed by atoms with E-state index in [1.807, 2.05) is 0 Å². The molecule has 10 nitrogen and oxygen atoms in total. The highest BCUT2D eigenvalue weighted by Crippen LogP contribution is 2.39. The maximum Gasteiger partial charge on any atom is 0.268 e. The minimum absolute atomic E-state index is 0.0568. The van der Waals surface area contributed by atoms with Crippen molar-refractivity contribution in [2.24, 2.45) is 5.92 Å². The molecule has 0 aliphatic carbocycles. The number of anilines is 1. The number of pyridine rings is 3. The van der Waals surface area contributed by atoms with Gasteiger partial charge in [0.2, 0.25) is 11.8 Å². The number of rotatable bonds is 7. The number of amides is 1. The molecule has 1 fully saturated rings. The number of aryl methyl sites for hydroxylation is 1. The summed E-state index contributed by atoms with van der Waals surface area (Å²) in [6, 6.07) is 9.64. The van der Waals surface area contributed by atoms with Gasteiger partial charge in [-0.15, -0.1) is 0 Å². The molecule has 1 atom stereocenters. The molecule has 0 unspecified atom stereocenters. The molecule has 0 bridgehead atoms. The lowest BCUT2D eigenvalue weighted by Gasteiger charge is -2.34. The Kier molecular flexibility index (Phi) is 7.09. The van der Waals surface area contributed by atoms with Crippen molar-refractivity contribution >= 4 is 21.7 Å². The number of aromatic nitrogens is 3. The summed E-state index contributed by atoms with van der Waals surface area (Å²) >= 11 is 0. The predicted octanol–water partition coefficient (Wildman–Crippen LogP) is 3.61. The van der Waals surface area contributed by atoms with Crippen LogP contribution in [0, 0.1) is 12.8 Å². The monoisotopic (exact) mass is 525 g/mol. The highest BCUT2D eigenvalue weighted by molar-refractivity contribution is 7.90. The molecule has 4 heterocycles. The van der Waals surface area contributed by atoms with Gasteiger partial charge in [0.15, 0.2) is 0 Å². The first-order valence-electron chi connectivity index (χ1n) is 11.8. The van der Waals surface area contributed by atoms with Crippen molar-refractivity contribution in [2.45, 2.75) is 44.6 Å². The molecule has 4 rings (SSSR count). The lowest BCUT2D eigenvalue weighted by Crippen LogP contribution is -2.41. The summed E-state index contributed by atoms with van der Waals surface area (Å²) in [4.78, 5) is 28.7. The van der Waals surface area contributed by atoms with E-state index >= 15 is 0 Å². The number of nitrogens with zero attached hydrogens (tertiary/aromatic N) is 4. The quantitative estimate of drug-likeness (QED) is 0.493. The number of nitrogens with one attached hydrogen (secondary N) is 1. The largest absolute Gasteiger partial charge is 0.481 e. The molecule has 0 saturated carbocycles. The van der Waals surface area contributed by atoms with Crippen LogP contribution in [0.4, 0.5) is 5.82 Å². The van der Waals surface area contributed by atoms with Gasteiger partial charge in [0.05, 0.1) is 36.7 Å². The Labute approximate surface area is 217 Å². The first-order valence-corrected chi connectivity index (χ1v) is 13.3. The second-order valence-corrected chi connectivity index (χ2v) is 11.4. The Bertz CT molecular complexity index is 1440. The van der Waals surface area contributed by atoms with Crippen molar-refractivity contribution in [1.29, 1.82) is 0 Å². The first-order chi connectivity index (χ1) is 17.5. The third-order valence-corrected chi connectivity index (χ3v) is 7.90. The number of carbonyl (C=O) groups is 1. The van der Waals surface area contributed by atoms with Crippen LogP contribution in [0.2, 0.25) is 0 Å². The SMILES string of the molecule is COc1ccc(-c2ccc(C(=O)NS(=O)(=O)c3cccnc3C)c(N3C[C@@H](C)CC3(C)C)n2)c(OC)n1. The Morgan fingerprint density at radius 1 is 1.11 bits per heavy atom. The second kappa shape index (κ2) is 9.97. The lowest BCUT2D eigenvalue weighted by atomic mass is 9.97. The number of carbonyl (C=O) groups excluding carboxylic acids is 1. The molecule has 0 radical (unpaired) electrons. The van der Waals surface area contributed by atoms with Crippen LogP contribution in [0.3, 0.4) is 0 Å². The Hall–Kier alpha value is -3.73. The summed E-state index contributed by atoms with van der Waals surface area (Å²) in [5.41, 5.74) is 1.28. The van der Waals surface area contributed by atoms with E-state index < -0.39 is 15.9 Å². The van der Waals surface area contributed by atoms with Gasteiger partial charge in [-0.05, 0) is 63.4 Å². The third-order valence-electron chi connectivity index (χ3n) is 6.44. The predicted molar refractivity (Wildman–Crippen MR) is 139 cm³/mol. The van der Waals surface area contributed by atoms with Crippen LogP contribution in [-0.2, 0) is 10.0 Å². The molecule has 1 aliphatic heterocycles. The normalized spacial score (nSPS) is 16.9. The summed E-state index contributed by atoms with van der Waals surface area (Å²) in [6.07, 6.45) is 2.39. The molecule has 1 N–H and O–H groups in total. The summed E-state index contributed by atoms with van der Waals surface area (Å²) in [5.74, 6) is 0.684. The Balaban J connectivity index is 1.81. The molecule has 1 amide bonds.